The van der Waals surface area contributed by atoms with Crippen LogP contribution in [0.5, 0.6) is 0 Å². The first-order valence-corrected chi connectivity index (χ1v) is 8.62. The molecule has 4 rings (SSSR count). The van der Waals surface area contributed by atoms with Crippen molar-refractivity contribution in [2.45, 2.75) is 38.1 Å². The summed E-state index contributed by atoms with van der Waals surface area (Å²) in [5, 5.41) is 3.10. The highest BCUT2D eigenvalue weighted by Crippen LogP contribution is 2.27. The number of halogens is 1. The van der Waals surface area contributed by atoms with Crippen LogP contribution >= 0.6 is 0 Å². The van der Waals surface area contributed by atoms with Crippen molar-refractivity contribution in [1.29, 1.82) is 0 Å². The van der Waals surface area contributed by atoms with Gasteiger partial charge in [-0.3, -0.25) is 0 Å². The van der Waals surface area contributed by atoms with Gasteiger partial charge in [-0.1, -0.05) is 12.1 Å². The maximum atomic E-state index is 13.3. The zero-order valence-corrected chi connectivity index (χ0v) is 13.9. The average molecular weight is 344 g/mol. The number of amides is 2. The van der Waals surface area contributed by atoms with Crippen molar-refractivity contribution in [2.75, 3.05) is 13.2 Å². The number of carbonyl (C=O) groups excluding carboxylic acids is 1. The fourth-order valence-corrected chi connectivity index (χ4v) is 3.51. The molecule has 2 unspecified atom stereocenters. The minimum Gasteiger partial charge on any atom is -0.376 e. The molecule has 2 aliphatic heterocycles. The Labute approximate surface area is 145 Å². The highest BCUT2D eigenvalue weighted by atomic mass is 19.1. The van der Waals surface area contributed by atoms with Crippen molar-refractivity contribution >= 4 is 6.03 Å². The van der Waals surface area contributed by atoms with Crippen molar-refractivity contribution in [3.63, 3.8) is 0 Å². The molecule has 0 saturated carbocycles. The topological polar surface area (TPSA) is 59.4 Å². The van der Waals surface area contributed by atoms with Crippen LogP contribution in [0.4, 0.5) is 9.18 Å². The number of fused-ring (bicyclic) bond motifs is 1. The lowest BCUT2D eigenvalue weighted by molar-refractivity contribution is 0.0771. The number of ether oxygens (including phenoxy) is 1. The Balaban J connectivity index is 1.50. The van der Waals surface area contributed by atoms with E-state index in [2.05, 4.69) is 14.9 Å². The SMILES string of the molecule is O=C(NC(c1ccc(F)cc1)C1CCCO1)N1CCn2cncc2C1. The minimum absolute atomic E-state index is 0.0790. The van der Waals surface area contributed by atoms with Gasteiger partial charge in [-0.25, -0.2) is 14.2 Å². The maximum Gasteiger partial charge on any atom is 0.318 e. The summed E-state index contributed by atoms with van der Waals surface area (Å²) in [6.45, 7) is 2.61. The van der Waals surface area contributed by atoms with E-state index in [1.807, 2.05) is 0 Å². The standard InChI is InChI=1S/C18H21FN4O2/c19-14-5-3-13(4-6-14)17(16-2-1-9-25-16)21-18(24)22-7-8-23-12-20-10-15(23)11-22/h3-6,10,12,16-17H,1-2,7-9,11H2,(H,21,24). The van der Waals surface area contributed by atoms with E-state index in [4.69, 9.17) is 4.74 Å². The van der Waals surface area contributed by atoms with Gasteiger partial charge in [0, 0.05) is 25.9 Å². The summed E-state index contributed by atoms with van der Waals surface area (Å²) in [5.74, 6) is -0.287. The van der Waals surface area contributed by atoms with Crippen molar-refractivity contribution in [1.82, 2.24) is 19.8 Å². The van der Waals surface area contributed by atoms with Gasteiger partial charge in [0.15, 0.2) is 0 Å². The van der Waals surface area contributed by atoms with Crippen LogP contribution in [0.2, 0.25) is 0 Å². The van der Waals surface area contributed by atoms with E-state index in [0.29, 0.717) is 19.7 Å². The first-order valence-electron chi connectivity index (χ1n) is 8.62. The number of urea groups is 1. The van der Waals surface area contributed by atoms with E-state index in [1.165, 1.54) is 12.1 Å². The van der Waals surface area contributed by atoms with E-state index in [0.717, 1.165) is 30.6 Å². The molecule has 2 aromatic rings. The average Bonchev–Trinajstić information content (AvgIpc) is 3.31. The lowest BCUT2D eigenvalue weighted by Gasteiger charge is -2.32. The Kier molecular flexibility index (Phi) is 4.40. The summed E-state index contributed by atoms with van der Waals surface area (Å²) < 4.78 is 21.1. The second-order valence-corrected chi connectivity index (χ2v) is 6.53. The lowest BCUT2D eigenvalue weighted by Crippen LogP contribution is -2.47. The Morgan fingerprint density at radius 2 is 2.16 bits per heavy atom. The Morgan fingerprint density at radius 3 is 2.92 bits per heavy atom. The fraction of sp³-hybridized carbons (Fsp3) is 0.444. The third-order valence-corrected chi connectivity index (χ3v) is 4.89. The molecule has 2 amide bonds. The number of nitrogens with zero attached hydrogens (tertiary/aromatic N) is 3. The highest BCUT2D eigenvalue weighted by molar-refractivity contribution is 5.75. The van der Waals surface area contributed by atoms with E-state index in [9.17, 15) is 9.18 Å². The summed E-state index contributed by atoms with van der Waals surface area (Å²) in [5.41, 5.74) is 1.89. The molecule has 2 atom stereocenters. The number of rotatable bonds is 3. The van der Waals surface area contributed by atoms with Gasteiger partial charge in [0.05, 0.1) is 30.7 Å². The minimum atomic E-state index is -0.287. The van der Waals surface area contributed by atoms with Crippen molar-refractivity contribution in [3.8, 4) is 0 Å². The Bertz CT molecular complexity index is 740. The largest absolute Gasteiger partial charge is 0.376 e. The van der Waals surface area contributed by atoms with Gasteiger partial charge in [-0.05, 0) is 30.5 Å². The van der Waals surface area contributed by atoms with Gasteiger partial charge >= 0.3 is 6.03 Å². The Morgan fingerprint density at radius 1 is 1.32 bits per heavy atom. The van der Waals surface area contributed by atoms with Crippen molar-refractivity contribution in [3.05, 3.63) is 53.9 Å². The Hall–Kier alpha value is -2.41. The van der Waals surface area contributed by atoms with E-state index in [1.54, 1.807) is 29.6 Å². The van der Waals surface area contributed by atoms with E-state index >= 15 is 0 Å². The lowest BCUT2D eigenvalue weighted by atomic mass is 9.99. The summed E-state index contributed by atoms with van der Waals surface area (Å²) in [7, 11) is 0. The number of nitrogens with one attached hydrogen (secondary N) is 1. The van der Waals surface area contributed by atoms with Crippen molar-refractivity contribution in [2.24, 2.45) is 0 Å². The number of carbonyl (C=O) groups is 1. The molecule has 2 aliphatic rings. The molecular weight excluding hydrogens is 323 g/mol. The van der Waals surface area contributed by atoms with Crippen LogP contribution in [0.25, 0.3) is 0 Å². The van der Waals surface area contributed by atoms with E-state index < -0.39 is 0 Å². The zero-order chi connectivity index (χ0) is 17.2. The quantitative estimate of drug-likeness (QED) is 0.930. The number of imidazole rings is 1. The van der Waals surface area contributed by atoms with Gasteiger partial charge < -0.3 is 19.5 Å². The third kappa shape index (κ3) is 3.37. The molecule has 1 saturated heterocycles. The smallest absolute Gasteiger partial charge is 0.318 e. The maximum absolute atomic E-state index is 13.3. The molecule has 25 heavy (non-hydrogen) atoms. The molecule has 1 aromatic carbocycles. The molecule has 1 aromatic heterocycles. The molecular formula is C18H21FN4O2. The van der Waals surface area contributed by atoms with Crippen molar-refractivity contribution < 1.29 is 13.9 Å². The molecule has 0 spiro atoms. The van der Waals surface area contributed by atoms with Crippen LogP contribution in [0, 0.1) is 5.82 Å². The van der Waals surface area contributed by atoms with Crippen LogP contribution in [0.3, 0.4) is 0 Å². The van der Waals surface area contributed by atoms with Gasteiger partial charge in [0.25, 0.3) is 0 Å². The summed E-state index contributed by atoms with van der Waals surface area (Å²) in [6, 6.07) is 5.87. The molecule has 6 nitrogen and oxygen atoms in total. The van der Waals surface area contributed by atoms with Crippen LogP contribution in [-0.2, 0) is 17.8 Å². The second-order valence-electron chi connectivity index (χ2n) is 6.53. The summed E-state index contributed by atoms with van der Waals surface area (Å²) in [6.07, 6.45) is 5.36. The third-order valence-electron chi connectivity index (χ3n) is 4.89. The second kappa shape index (κ2) is 6.84. The molecule has 0 aliphatic carbocycles. The predicted octanol–water partition coefficient (Wildman–Crippen LogP) is 2.47. The van der Waals surface area contributed by atoms with Crippen LogP contribution < -0.4 is 5.32 Å². The first kappa shape index (κ1) is 16.1. The van der Waals surface area contributed by atoms with Crippen LogP contribution in [-0.4, -0.2) is 39.7 Å². The number of hydrogen-bond acceptors (Lipinski definition) is 3. The normalized spacial score (nSPS) is 21.0. The van der Waals surface area contributed by atoms with Gasteiger partial charge in [0.1, 0.15) is 5.82 Å². The summed E-state index contributed by atoms with van der Waals surface area (Å²) >= 11 is 0. The number of aromatic nitrogens is 2. The fourth-order valence-electron chi connectivity index (χ4n) is 3.51. The predicted molar refractivity (Wildman–Crippen MR) is 89.3 cm³/mol. The number of benzene rings is 1. The van der Waals surface area contributed by atoms with Gasteiger partial charge in [0.2, 0.25) is 0 Å². The highest BCUT2D eigenvalue weighted by Gasteiger charge is 2.31. The molecule has 0 bridgehead atoms. The van der Waals surface area contributed by atoms with Crippen LogP contribution in [0.1, 0.15) is 30.1 Å². The first-order chi connectivity index (χ1) is 12.2. The molecule has 1 fully saturated rings. The molecule has 3 heterocycles. The van der Waals surface area contributed by atoms with Crippen LogP contribution in [0.15, 0.2) is 36.8 Å². The number of hydrogen-bond donors (Lipinski definition) is 1. The molecule has 7 heteroatoms. The molecule has 1 N–H and O–H groups in total. The van der Waals surface area contributed by atoms with E-state index in [-0.39, 0.29) is 24.0 Å². The molecule has 132 valence electrons. The van der Waals surface area contributed by atoms with Gasteiger partial charge in [-0.2, -0.15) is 0 Å². The molecule has 0 radical (unpaired) electrons. The zero-order valence-electron chi connectivity index (χ0n) is 13.9. The van der Waals surface area contributed by atoms with Gasteiger partial charge in [-0.15, -0.1) is 0 Å². The monoisotopic (exact) mass is 344 g/mol. The summed E-state index contributed by atoms with van der Waals surface area (Å²) in [4.78, 5) is 18.7.